The second-order valence-corrected chi connectivity index (χ2v) is 3.86. The fourth-order valence-corrected chi connectivity index (χ4v) is 1.39. The van der Waals surface area contributed by atoms with E-state index in [2.05, 4.69) is 10.3 Å². The van der Waals surface area contributed by atoms with E-state index in [0.717, 1.165) is 5.56 Å². The van der Waals surface area contributed by atoms with Gasteiger partial charge in [-0.1, -0.05) is 13.8 Å². The van der Waals surface area contributed by atoms with E-state index in [0.29, 0.717) is 6.54 Å². The molecule has 0 aliphatic rings. The van der Waals surface area contributed by atoms with Crippen molar-refractivity contribution in [2.24, 2.45) is 11.7 Å². The van der Waals surface area contributed by atoms with Gasteiger partial charge in [0.1, 0.15) is 0 Å². The van der Waals surface area contributed by atoms with Crippen molar-refractivity contribution in [3.05, 3.63) is 30.1 Å². The maximum Gasteiger partial charge on any atom is 0.234 e. The summed E-state index contributed by atoms with van der Waals surface area (Å²) in [5, 5.41) is 3.13. The van der Waals surface area contributed by atoms with Gasteiger partial charge < -0.3 is 11.1 Å². The quantitative estimate of drug-likeness (QED) is 0.746. The molecule has 1 unspecified atom stereocenters. The fourth-order valence-electron chi connectivity index (χ4n) is 1.39. The Balaban J connectivity index is 2.51. The average Bonchev–Trinajstić information content (AvgIpc) is 2.18. The standard InChI is InChI=1S/C11H17N3O/c1-8(2)10(11(12)15)14-7-9-3-5-13-6-4-9/h3-6,8,10,14H,7H2,1-2H3,(H2,12,15). The normalized spacial score (nSPS) is 12.7. The Morgan fingerprint density at radius 1 is 1.47 bits per heavy atom. The number of pyridine rings is 1. The number of carbonyl (C=O) groups is 1. The molecule has 0 aliphatic heterocycles. The van der Waals surface area contributed by atoms with Gasteiger partial charge in [0, 0.05) is 18.9 Å². The number of nitrogens with zero attached hydrogens (tertiary/aromatic N) is 1. The molecule has 0 aromatic carbocycles. The van der Waals surface area contributed by atoms with Crippen LogP contribution in [0.4, 0.5) is 0 Å². The van der Waals surface area contributed by atoms with Crippen LogP contribution in [0, 0.1) is 5.92 Å². The first-order chi connectivity index (χ1) is 7.11. The maximum atomic E-state index is 11.1. The van der Waals surface area contributed by atoms with Crippen molar-refractivity contribution in [3.63, 3.8) is 0 Å². The SMILES string of the molecule is CC(C)C(NCc1ccncc1)C(N)=O. The summed E-state index contributed by atoms with van der Waals surface area (Å²) in [6, 6.07) is 3.54. The highest BCUT2D eigenvalue weighted by atomic mass is 16.1. The Kier molecular flexibility index (Phi) is 4.24. The molecule has 0 saturated heterocycles. The molecule has 0 radical (unpaired) electrons. The monoisotopic (exact) mass is 207 g/mol. The molecule has 1 atom stereocenters. The number of primary amides is 1. The molecule has 4 heteroatoms. The van der Waals surface area contributed by atoms with Crippen LogP contribution >= 0.6 is 0 Å². The first-order valence-corrected chi connectivity index (χ1v) is 5.03. The number of hydrogen-bond acceptors (Lipinski definition) is 3. The van der Waals surface area contributed by atoms with Crippen molar-refractivity contribution in [2.75, 3.05) is 0 Å². The van der Waals surface area contributed by atoms with Crippen LogP contribution in [-0.4, -0.2) is 16.9 Å². The molecule has 1 rings (SSSR count). The van der Waals surface area contributed by atoms with E-state index in [4.69, 9.17) is 5.73 Å². The summed E-state index contributed by atoms with van der Waals surface area (Å²) < 4.78 is 0. The predicted octanol–water partition coefficient (Wildman–Crippen LogP) is 0.681. The van der Waals surface area contributed by atoms with Crippen LogP contribution < -0.4 is 11.1 Å². The highest BCUT2D eigenvalue weighted by Gasteiger charge is 2.18. The molecule has 1 amide bonds. The van der Waals surface area contributed by atoms with E-state index < -0.39 is 0 Å². The number of rotatable bonds is 5. The molecule has 3 N–H and O–H groups in total. The fraction of sp³-hybridized carbons (Fsp3) is 0.455. The van der Waals surface area contributed by atoms with Crippen molar-refractivity contribution < 1.29 is 4.79 Å². The zero-order chi connectivity index (χ0) is 11.3. The lowest BCUT2D eigenvalue weighted by Gasteiger charge is -2.18. The molecule has 1 heterocycles. The van der Waals surface area contributed by atoms with Gasteiger partial charge in [-0.3, -0.25) is 9.78 Å². The molecule has 15 heavy (non-hydrogen) atoms. The van der Waals surface area contributed by atoms with Crippen LogP contribution in [0.5, 0.6) is 0 Å². The second-order valence-electron chi connectivity index (χ2n) is 3.86. The number of hydrogen-bond donors (Lipinski definition) is 2. The zero-order valence-electron chi connectivity index (χ0n) is 9.10. The third-order valence-corrected chi connectivity index (χ3v) is 2.25. The summed E-state index contributed by atoms with van der Waals surface area (Å²) in [5.74, 6) is -0.108. The molecule has 0 saturated carbocycles. The number of nitrogens with two attached hydrogens (primary N) is 1. The van der Waals surface area contributed by atoms with Crippen LogP contribution in [0.15, 0.2) is 24.5 Å². The summed E-state index contributed by atoms with van der Waals surface area (Å²) in [6.45, 7) is 4.57. The summed E-state index contributed by atoms with van der Waals surface area (Å²) in [6.07, 6.45) is 3.46. The van der Waals surface area contributed by atoms with Crippen molar-refractivity contribution >= 4 is 5.91 Å². The third-order valence-electron chi connectivity index (χ3n) is 2.25. The van der Waals surface area contributed by atoms with Gasteiger partial charge in [-0.2, -0.15) is 0 Å². The minimum Gasteiger partial charge on any atom is -0.368 e. The number of amides is 1. The van der Waals surface area contributed by atoms with Gasteiger partial charge in [0.05, 0.1) is 6.04 Å². The first kappa shape index (κ1) is 11.7. The predicted molar refractivity (Wildman–Crippen MR) is 58.9 cm³/mol. The smallest absolute Gasteiger partial charge is 0.234 e. The Morgan fingerprint density at radius 3 is 2.53 bits per heavy atom. The van der Waals surface area contributed by atoms with E-state index in [1.54, 1.807) is 12.4 Å². The molecule has 0 bridgehead atoms. The van der Waals surface area contributed by atoms with E-state index in [1.807, 2.05) is 26.0 Å². The average molecular weight is 207 g/mol. The van der Waals surface area contributed by atoms with Crippen molar-refractivity contribution in [2.45, 2.75) is 26.4 Å². The van der Waals surface area contributed by atoms with Crippen LogP contribution in [0.2, 0.25) is 0 Å². The van der Waals surface area contributed by atoms with Gasteiger partial charge in [0.15, 0.2) is 0 Å². The molecule has 4 nitrogen and oxygen atoms in total. The van der Waals surface area contributed by atoms with E-state index in [9.17, 15) is 4.79 Å². The minimum atomic E-state index is -0.306. The van der Waals surface area contributed by atoms with Crippen LogP contribution in [0.25, 0.3) is 0 Å². The third kappa shape index (κ3) is 3.67. The van der Waals surface area contributed by atoms with E-state index in [1.165, 1.54) is 0 Å². The lowest BCUT2D eigenvalue weighted by atomic mass is 10.0. The zero-order valence-corrected chi connectivity index (χ0v) is 9.10. The maximum absolute atomic E-state index is 11.1. The van der Waals surface area contributed by atoms with Crippen molar-refractivity contribution in [1.82, 2.24) is 10.3 Å². The highest BCUT2D eigenvalue weighted by molar-refractivity contribution is 5.80. The summed E-state index contributed by atoms with van der Waals surface area (Å²) in [7, 11) is 0. The Labute approximate surface area is 89.9 Å². The number of aromatic nitrogens is 1. The van der Waals surface area contributed by atoms with Crippen molar-refractivity contribution in [3.8, 4) is 0 Å². The number of carbonyl (C=O) groups excluding carboxylic acids is 1. The van der Waals surface area contributed by atoms with Gasteiger partial charge in [0.25, 0.3) is 0 Å². The van der Waals surface area contributed by atoms with Crippen LogP contribution in [0.3, 0.4) is 0 Å². The van der Waals surface area contributed by atoms with Gasteiger partial charge in [-0.25, -0.2) is 0 Å². The Hall–Kier alpha value is -1.42. The van der Waals surface area contributed by atoms with Crippen LogP contribution in [0.1, 0.15) is 19.4 Å². The lowest BCUT2D eigenvalue weighted by molar-refractivity contribution is -0.121. The summed E-state index contributed by atoms with van der Waals surface area (Å²) >= 11 is 0. The molecule has 1 aromatic rings. The minimum absolute atomic E-state index is 0.198. The van der Waals surface area contributed by atoms with Gasteiger partial charge in [-0.15, -0.1) is 0 Å². The molecular formula is C11H17N3O. The molecule has 0 spiro atoms. The molecule has 0 fully saturated rings. The molecular weight excluding hydrogens is 190 g/mol. The second kappa shape index (κ2) is 5.46. The molecule has 1 aromatic heterocycles. The first-order valence-electron chi connectivity index (χ1n) is 5.03. The van der Waals surface area contributed by atoms with Crippen molar-refractivity contribution in [1.29, 1.82) is 0 Å². The Morgan fingerprint density at radius 2 is 2.07 bits per heavy atom. The highest BCUT2D eigenvalue weighted by Crippen LogP contribution is 2.03. The summed E-state index contributed by atoms with van der Waals surface area (Å²) in [4.78, 5) is 15.0. The van der Waals surface area contributed by atoms with Gasteiger partial charge in [0.2, 0.25) is 5.91 Å². The Bertz CT molecular complexity index is 311. The lowest BCUT2D eigenvalue weighted by Crippen LogP contribution is -2.44. The topological polar surface area (TPSA) is 68.0 Å². The number of nitrogens with one attached hydrogen (secondary N) is 1. The molecule has 0 aliphatic carbocycles. The largest absolute Gasteiger partial charge is 0.368 e. The van der Waals surface area contributed by atoms with Gasteiger partial charge in [-0.05, 0) is 23.6 Å². The van der Waals surface area contributed by atoms with Gasteiger partial charge >= 0.3 is 0 Å². The molecule has 82 valence electrons. The van der Waals surface area contributed by atoms with E-state index >= 15 is 0 Å². The van der Waals surface area contributed by atoms with Crippen LogP contribution in [-0.2, 0) is 11.3 Å². The van der Waals surface area contributed by atoms with E-state index in [-0.39, 0.29) is 17.9 Å². The summed E-state index contributed by atoms with van der Waals surface area (Å²) in [5.41, 5.74) is 6.38.